The number of likely N-dealkylation sites (tertiary alicyclic amines) is 1. The second kappa shape index (κ2) is 5.53. The van der Waals surface area contributed by atoms with Gasteiger partial charge in [-0.15, -0.1) is 0 Å². The molecule has 0 bridgehead atoms. The Kier molecular flexibility index (Phi) is 3.61. The van der Waals surface area contributed by atoms with Crippen LogP contribution in [0.3, 0.4) is 0 Å². The predicted octanol–water partition coefficient (Wildman–Crippen LogP) is 1.86. The van der Waals surface area contributed by atoms with Gasteiger partial charge >= 0.3 is 0 Å². The van der Waals surface area contributed by atoms with Gasteiger partial charge in [0.25, 0.3) is 5.91 Å². The minimum atomic E-state index is -1.58. The lowest BCUT2D eigenvalue weighted by atomic mass is 9.84. The van der Waals surface area contributed by atoms with Crippen LogP contribution in [0.4, 0.5) is 4.39 Å². The number of aromatic nitrogens is 1. The molecular formula is C17H21FN2O3. The minimum Gasteiger partial charge on any atom is -0.373 e. The fraction of sp³-hybridized carbons (Fsp3) is 0.647. The highest BCUT2D eigenvalue weighted by Crippen LogP contribution is 2.44. The van der Waals surface area contributed by atoms with Crippen molar-refractivity contribution in [3.63, 3.8) is 0 Å². The van der Waals surface area contributed by atoms with Crippen LogP contribution in [0.25, 0.3) is 0 Å². The molecule has 1 atom stereocenters. The van der Waals surface area contributed by atoms with E-state index < -0.39 is 5.67 Å². The number of carbonyl (C=O) groups excluding carboxylic acids is 1. The van der Waals surface area contributed by atoms with Crippen LogP contribution in [-0.4, -0.2) is 52.9 Å². The zero-order chi connectivity index (χ0) is 15.9. The number of nitrogens with zero attached hydrogens (tertiary/aromatic N) is 2. The van der Waals surface area contributed by atoms with Crippen molar-refractivity contribution in [1.82, 2.24) is 9.88 Å². The summed E-state index contributed by atoms with van der Waals surface area (Å²) in [6, 6.07) is 3.88. The van der Waals surface area contributed by atoms with Crippen molar-refractivity contribution >= 4 is 5.91 Å². The first kappa shape index (κ1) is 15.0. The lowest BCUT2D eigenvalue weighted by Gasteiger charge is -2.53. The van der Waals surface area contributed by atoms with E-state index in [4.69, 9.17) is 9.47 Å². The predicted molar refractivity (Wildman–Crippen MR) is 80.4 cm³/mol. The molecule has 1 saturated carbocycles. The molecule has 0 unspecified atom stereocenters. The van der Waals surface area contributed by atoms with Crippen LogP contribution in [0.15, 0.2) is 24.5 Å². The number of alkyl halides is 1. The van der Waals surface area contributed by atoms with Crippen LogP contribution in [-0.2, 0) is 20.9 Å². The highest BCUT2D eigenvalue weighted by atomic mass is 19.1. The zero-order valence-electron chi connectivity index (χ0n) is 13.0. The van der Waals surface area contributed by atoms with Crippen LogP contribution < -0.4 is 0 Å². The fourth-order valence-corrected chi connectivity index (χ4v) is 3.44. The molecule has 124 valence electrons. The van der Waals surface area contributed by atoms with Crippen LogP contribution in [0, 0.1) is 0 Å². The van der Waals surface area contributed by atoms with Gasteiger partial charge in [-0.25, -0.2) is 4.39 Å². The van der Waals surface area contributed by atoms with Gasteiger partial charge in [-0.2, -0.15) is 0 Å². The Morgan fingerprint density at radius 2 is 2.30 bits per heavy atom. The van der Waals surface area contributed by atoms with Crippen molar-refractivity contribution in [3.8, 4) is 0 Å². The van der Waals surface area contributed by atoms with Crippen molar-refractivity contribution in [2.24, 2.45) is 0 Å². The van der Waals surface area contributed by atoms with E-state index in [2.05, 4.69) is 4.98 Å². The molecule has 1 spiro atoms. The smallest absolute Gasteiger partial charge is 0.260 e. The van der Waals surface area contributed by atoms with E-state index in [1.807, 2.05) is 12.1 Å². The molecule has 6 heteroatoms. The molecule has 5 nitrogen and oxygen atoms in total. The van der Waals surface area contributed by atoms with Gasteiger partial charge < -0.3 is 14.4 Å². The van der Waals surface area contributed by atoms with E-state index in [1.165, 1.54) is 0 Å². The average molecular weight is 320 g/mol. The number of pyridine rings is 1. The maximum Gasteiger partial charge on any atom is 0.260 e. The fourth-order valence-electron chi connectivity index (χ4n) is 3.44. The van der Waals surface area contributed by atoms with Crippen LogP contribution in [0.2, 0.25) is 0 Å². The van der Waals surface area contributed by atoms with Crippen molar-refractivity contribution in [2.75, 3.05) is 19.7 Å². The molecule has 1 aromatic rings. The van der Waals surface area contributed by atoms with Gasteiger partial charge in [0.1, 0.15) is 5.60 Å². The van der Waals surface area contributed by atoms with E-state index in [1.54, 1.807) is 17.3 Å². The molecule has 4 rings (SSSR count). The molecule has 0 radical (unpaired) electrons. The topological polar surface area (TPSA) is 51.7 Å². The van der Waals surface area contributed by atoms with Crippen molar-refractivity contribution in [3.05, 3.63) is 30.1 Å². The Labute approximate surface area is 134 Å². The summed E-state index contributed by atoms with van der Waals surface area (Å²) in [6.07, 6.45) is 6.00. The quantitative estimate of drug-likeness (QED) is 0.850. The number of hydrogen-bond acceptors (Lipinski definition) is 4. The maximum absolute atomic E-state index is 13.8. The Bertz CT molecular complexity index is 585. The summed E-state index contributed by atoms with van der Waals surface area (Å²) < 4.78 is 25.7. The molecule has 3 aliphatic rings. The molecule has 0 N–H and O–H groups in total. The summed E-state index contributed by atoms with van der Waals surface area (Å²) in [5, 5.41) is 0. The summed E-state index contributed by atoms with van der Waals surface area (Å²) in [5.41, 5.74) is -0.864. The second-order valence-electron chi connectivity index (χ2n) is 6.95. The van der Waals surface area contributed by atoms with E-state index in [0.717, 1.165) is 18.4 Å². The lowest BCUT2D eigenvalue weighted by molar-refractivity contribution is -0.205. The van der Waals surface area contributed by atoms with E-state index >= 15 is 0 Å². The standard InChI is InChI=1S/C17H21FN2O3/c18-17(4-5-17)15(21)20-11-16(12-20)8-14(3-7-23-16)22-10-13-2-1-6-19-9-13/h1-2,6,9,14H,3-5,7-8,10-12H2/t14-/m0/s1. The van der Waals surface area contributed by atoms with E-state index in [0.29, 0.717) is 39.1 Å². The first-order valence-electron chi connectivity index (χ1n) is 8.21. The molecule has 23 heavy (non-hydrogen) atoms. The zero-order valence-corrected chi connectivity index (χ0v) is 13.0. The van der Waals surface area contributed by atoms with Crippen LogP contribution in [0.1, 0.15) is 31.2 Å². The summed E-state index contributed by atoms with van der Waals surface area (Å²) in [5.74, 6) is -0.356. The molecule has 2 aliphatic heterocycles. The first-order valence-corrected chi connectivity index (χ1v) is 8.21. The summed E-state index contributed by atoms with van der Waals surface area (Å²) in [6.45, 7) is 2.14. The summed E-state index contributed by atoms with van der Waals surface area (Å²) in [4.78, 5) is 17.7. The monoisotopic (exact) mass is 320 g/mol. The van der Waals surface area contributed by atoms with Gasteiger partial charge in [0.2, 0.25) is 0 Å². The van der Waals surface area contributed by atoms with Gasteiger partial charge in [-0.05, 0) is 30.9 Å². The third-order valence-corrected chi connectivity index (χ3v) is 4.97. The molecule has 1 aromatic heterocycles. The van der Waals surface area contributed by atoms with Gasteiger partial charge in [0.05, 0.1) is 25.8 Å². The Morgan fingerprint density at radius 1 is 1.48 bits per heavy atom. The Hall–Kier alpha value is -1.53. The van der Waals surface area contributed by atoms with E-state index in [-0.39, 0.29) is 17.6 Å². The van der Waals surface area contributed by atoms with Crippen molar-refractivity contribution in [1.29, 1.82) is 0 Å². The first-order chi connectivity index (χ1) is 11.1. The maximum atomic E-state index is 13.8. The number of halogens is 1. The van der Waals surface area contributed by atoms with Gasteiger partial charge in [-0.3, -0.25) is 9.78 Å². The Balaban J connectivity index is 1.29. The minimum absolute atomic E-state index is 0.112. The number of carbonyl (C=O) groups is 1. The molecule has 3 heterocycles. The van der Waals surface area contributed by atoms with Crippen molar-refractivity contribution in [2.45, 2.75) is 49.7 Å². The Morgan fingerprint density at radius 3 is 3.00 bits per heavy atom. The van der Waals surface area contributed by atoms with Gasteiger partial charge in [-0.1, -0.05) is 6.07 Å². The highest BCUT2D eigenvalue weighted by Gasteiger charge is 2.58. The molecule has 3 fully saturated rings. The summed E-state index contributed by atoms with van der Waals surface area (Å²) >= 11 is 0. The number of amides is 1. The number of ether oxygens (including phenoxy) is 2. The SMILES string of the molecule is O=C(N1CC2(C[C@@H](OCc3cccnc3)CCO2)C1)C1(F)CC1. The average Bonchev–Trinajstić information content (AvgIpc) is 3.30. The number of hydrogen-bond donors (Lipinski definition) is 0. The van der Waals surface area contributed by atoms with E-state index in [9.17, 15) is 9.18 Å². The van der Waals surface area contributed by atoms with Gasteiger partial charge in [0.15, 0.2) is 5.67 Å². The molecule has 0 aromatic carbocycles. The van der Waals surface area contributed by atoms with Gasteiger partial charge in [0, 0.05) is 25.4 Å². The second-order valence-corrected chi connectivity index (χ2v) is 6.95. The third kappa shape index (κ3) is 2.97. The van der Waals surface area contributed by atoms with Crippen LogP contribution >= 0.6 is 0 Å². The number of rotatable bonds is 4. The summed E-state index contributed by atoms with van der Waals surface area (Å²) in [7, 11) is 0. The molecule has 1 aliphatic carbocycles. The highest BCUT2D eigenvalue weighted by molar-refractivity contribution is 5.88. The van der Waals surface area contributed by atoms with Crippen molar-refractivity contribution < 1.29 is 18.7 Å². The molecule has 2 saturated heterocycles. The largest absolute Gasteiger partial charge is 0.373 e. The molecular weight excluding hydrogens is 299 g/mol. The van der Waals surface area contributed by atoms with Crippen LogP contribution in [0.5, 0.6) is 0 Å². The third-order valence-electron chi connectivity index (χ3n) is 4.97. The normalized spacial score (nSPS) is 27.5. The lowest BCUT2D eigenvalue weighted by Crippen LogP contribution is -2.68. The molecule has 1 amide bonds.